The summed E-state index contributed by atoms with van der Waals surface area (Å²) in [5.41, 5.74) is 1.30. The van der Waals surface area contributed by atoms with Crippen molar-refractivity contribution in [3.05, 3.63) is 30.3 Å². The van der Waals surface area contributed by atoms with Gasteiger partial charge in [-0.2, -0.15) is 0 Å². The van der Waals surface area contributed by atoms with Gasteiger partial charge >= 0.3 is 6.03 Å². The lowest BCUT2D eigenvalue weighted by Crippen LogP contribution is -2.53. The second kappa shape index (κ2) is 9.95. The van der Waals surface area contributed by atoms with Crippen LogP contribution in [0.25, 0.3) is 0 Å². The molecule has 2 heterocycles. The molecule has 1 N–H and O–H groups in total. The number of anilines is 1. The van der Waals surface area contributed by atoms with E-state index >= 15 is 0 Å². The first-order chi connectivity index (χ1) is 13.1. The van der Waals surface area contributed by atoms with Crippen molar-refractivity contribution in [1.82, 2.24) is 15.1 Å². The van der Waals surface area contributed by atoms with Crippen molar-refractivity contribution < 1.29 is 9.53 Å². The van der Waals surface area contributed by atoms with Gasteiger partial charge < -0.3 is 19.9 Å². The van der Waals surface area contributed by atoms with Crippen molar-refractivity contribution in [3.63, 3.8) is 0 Å². The summed E-state index contributed by atoms with van der Waals surface area (Å²) in [6.45, 7) is 8.49. The first-order valence-corrected chi connectivity index (χ1v) is 10.3. The van der Waals surface area contributed by atoms with E-state index in [9.17, 15) is 4.79 Å². The van der Waals surface area contributed by atoms with Gasteiger partial charge in [0.15, 0.2) is 0 Å². The zero-order valence-electron chi connectivity index (χ0n) is 16.8. The summed E-state index contributed by atoms with van der Waals surface area (Å²) in [6, 6.07) is 10.9. The van der Waals surface area contributed by atoms with Gasteiger partial charge in [0, 0.05) is 64.7 Å². The van der Waals surface area contributed by atoms with Crippen LogP contribution in [0.2, 0.25) is 0 Å². The Balaban J connectivity index is 1.36. The molecule has 0 aliphatic carbocycles. The van der Waals surface area contributed by atoms with Crippen LogP contribution in [0.1, 0.15) is 26.2 Å². The number of nitrogens with zero attached hydrogens (tertiary/aromatic N) is 3. The van der Waals surface area contributed by atoms with Crippen LogP contribution >= 0.6 is 0 Å². The molecule has 27 heavy (non-hydrogen) atoms. The van der Waals surface area contributed by atoms with Crippen molar-refractivity contribution in [2.24, 2.45) is 0 Å². The molecule has 1 aromatic rings. The van der Waals surface area contributed by atoms with E-state index in [1.54, 1.807) is 4.90 Å². The van der Waals surface area contributed by atoms with Gasteiger partial charge in [0.2, 0.25) is 0 Å². The molecule has 0 radical (unpaired) electrons. The molecule has 2 amide bonds. The van der Waals surface area contributed by atoms with E-state index in [4.69, 9.17) is 4.74 Å². The van der Waals surface area contributed by atoms with E-state index < -0.39 is 0 Å². The predicted octanol–water partition coefficient (Wildman–Crippen LogP) is 2.41. The molecule has 2 aliphatic heterocycles. The van der Waals surface area contributed by atoms with Crippen molar-refractivity contribution in [3.8, 4) is 0 Å². The Hall–Kier alpha value is -1.79. The van der Waals surface area contributed by atoms with Gasteiger partial charge in [0.1, 0.15) is 0 Å². The molecule has 2 fully saturated rings. The van der Waals surface area contributed by atoms with E-state index in [2.05, 4.69) is 52.4 Å². The quantitative estimate of drug-likeness (QED) is 0.831. The summed E-state index contributed by atoms with van der Waals surface area (Å²) in [6.07, 6.45) is 3.59. The molecule has 1 aromatic carbocycles. The fourth-order valence-electron chi connectivity index (χ4n) is 3.90. The van der Waals surface area contributed by atoms with Crippen LogP contribution in [0.4, 0.5) is 10.5 Å². The molecule has 0 spiro atoms. The van der Waals surface area contributed by atoms with Crippen LogP contribution in [0.15, 0.2) is 30.3 Å². The van der Waals surface area contributed by atoms with Crippen molar-refractivity contribution in [2.75, 3.05) is 57.8 Å². The minimum Gasteiger partial charge on any atom is -0.376 e. The zero-order chi connectivity index (χ0) is 19.1. The Morgan fingerprint density at radius 2 is 1.96 bits per heavy atom. The summed E-state index contributed by atoms with van der Waals surface area (Å²) in [5.74, 6) is 0. The SMILES string of the molecule is CC(CNC(=O)N(C)CC1CCCCO1)N1CCN(c2ccccc2)CC1. The van der Waals surface area contributed by atoms with E-state index in [-0.39, 0.29) is 12.1 Å². The minimum atomic E-state index is -0.000977. The van der Waals surface area contributed by atoms with Crippen molar-refractivity contribution >= 4 is 11.7 Å². The minimum absolute atomic E-state index is 0.000977. The molecule has 0 aromatic heterocycles. The number of nitrogens with one attached hydrogen (secondary N) is 1. The summed E-state index contributed by atoms with van der Waals surface area (Å²) in [4.78, 5) is 19.0. The van der Waals surface area contributed by atoms with Crippen LogP contribution < -0.4 is 10.2 Å². The number of amides is 2. The van der Waals surface area contributed by atoms with Crippen LogP contribution in [-0.4, -0.2) is 80.9 Å². The van der Waals surface area contributed by atoms with Gasteiger partial charge in [-0.3, -0.25) is 4.90 Å². The number of ether oxygens (including phenoxy) is 1. The fraction of sp³-hybridized carbons (Fsp3) is 0.667. The smallest absolute Gasteiger partial charge is 0.317 e. The van der Waals surface area contributed by atoms with Gasteiger partial charge in [0.05, 0.1) is 6.10 Å². The molecular weight excluding hydrogens is 340 g/mol. The molecule has 3 rings (SSSR count). The number of benzene rings is 1. The average molecular weight is 375 g/mol. The van der Waals surface area contributed by atoms with Crippen LogP contribution in [0.3, 0.4) is 0 Å². The molecule has 0 bridgehead atoms. The van der Waals surface area contributed by atoms with E-state index in [0.29, 0.717) is 19.1 Å². The first-order valence-electron chi connectivity index (χ1n) is 10.3. The number of hydrogen-bond donors (Lipinski definition) is 1. The van der Waals surface area contributed by atoms with Gasteiger partial charge in [-0.25, -0.2) is 4.79 Å². The second-order valence-electron chi connectivity index (χ2n) is 7.76. The highest BCUT2D eigenvalue weighted by atomic mass is 16.5. The Labute approximate surface area is 163 Å². The maximum atomic E-state index is 12.4. The molecule has 6 heteroatoms. The van der Waals surface area contributed by atoms with Crippen molar-refractivity contribution in [2.45, 2.75) is 38.3 Å². The summed E-state index contributed by atoms with van der Waals surface area (Å²) >= 11 is 0. The third-order valence-electron chi connectivity index (χ3n) is 5.71. The third kappa shape index (κ3) is 5.84. The monoisotopic (exact) mass is 374 g/mol. The first kappa shape index (κ1) is 20.0. The predicted molar refractivity (Wildman–Crippen MR) is 109 cm³/mol. The summed E-state index contributed by atoms with van der Waals surface area (Å²) < 4.78 is 5.73. The normalized spacial score (nSPS) is 22.3. The number of piperazine rings is 1. The lowest BCUT2D eigenvalue weighted by Gasteiger charge is -2.39. The number of carbonyl (C=O) groups excluding carboxylic acids is 1. The number of hydrogen-bond acceptors (Lipinski definition) is 4. The topological polar surface area (TPSA) is 48.1 Å². The summed E-state index contributed by atoms with van der Waals surface area (Å²) in [7, 11) is 1.86. The van der Waals surface area contributed by atoms with Crippen LogP contribution in [-0.2, 0) is 4.74 Å². The number of likely N-dealkylation sites (N-methyl/N-ethyl adjacent to an activating group) is 1. The number of carbonyl (C=O) groups is 1. The average Bonchev–Trinajstić information content (AvgIpc) is 2.73. The van der Waals surface area contributed by atoms with E-state index in [1.165, 1.54) is 12.1 Å². The van der Waals surface area contributed by atoms with Crippen LogP contribution in [0.5, 0.6) is 0 Å². The second-order valence-corrected chi connectivity index (χ2v) is 7.76. The Morgan fingerprint density at radius 1 is 1.22 bits per heavy atom. The standard InChI is InChI=1S/C21H34N4O2/c1-18(16-22-21(26)23(2)17-20-10-6-7-15-27-20)24-11-13-25(14-12-24)19-8-4-3-5-9-19/h3-5,8-9,18,20H,6-7,10-17H2,1-2H3,(H,22,26). The molecule has 2 unspecified atom stereocenters. The maximum absolute atomic E-state index is 12.4. The highest BCUT2D eigenvalue weighted by molar-refractivity contribution is 5.73. The zero-order valence-corrected chi connectivity index (χ0v) is 16.8. The largest absolute Gasteiger partial charge is 0.376 e. The Morgan fingerprint density at radius 3 is 2.63 bits per heavy atom. The lowest BCUT2D eigenvalue weighted by molar-refractivity contribution is 0.00379. The fourth-order valence-corrected chi connectivity index (χ4v) is 3.90. The Kier molecular flexibility index (Phi) is 7.35. The highest BCUT2D eigenvalue weighted by Crippen LogP contribution is 2.16. The molecular formula is C21H34N4O2. The number of rotatable bonds is 6. The molecule has 150 valence electrons. The van der Waals surface area contributed by atoms with Gasteiger partial charge in [-0.1, -0.05) is 18.2 Å². The number of para-hydroxylation sites is 1. The van der Waals surface area contributed by atoms with Crippen molar-refractivity contribution in [1.29, 1.82) is 0 Å². The lowest BCUT2D eigenvalue weighted by atomic mass is 10.1. The molecule has 6 nitrogen and oxygen atoms in total. The third-order valence-corrected chi connectivity index (χ3v) is 5.71. The molecule has 2 aliphatic rings. The molecule has 2 atom stereocenters. The number of urea groups is 1. The van der Waals surface area contributed by atoms with Crippen LogP contribution in [0, 0.1) is 0 Å². The van der Waals surface area contributed by atoms with E-state index in [1.807, 2.05) is 7.05 Å². The molecule has 0 saturated carbocycles. The van der Waals surface area contributed by atoms with Gasteiger partial charge in [-0.05, 0) is 38.3 Å². The van der Waals surface area contributed by atoms with E-state index in [0.717, 1.165) is 45.6 Å². The summed E-state index contributed by atoms with van der Waals surface area (Å²) in [5, 5.41) is 3.09. The van der Waals surface area contributed by atoms with Gasteiger partial charge in [-0.15, -0.1) is 0 Å². The molecule has 2 saturated heterocycles. The maximum Gasteiger partial charge on any atom is 0.317 e. The highest BCUT2D eigenvalue weighted by Gasteiger charge is 2.23. The Bertz CT molecular complexity index is 569. The van der Waals surface area contributed by atoms with Gasteiger partial charge in [0.25, 0.3) is 0 Å².